The van der Waals surface area contributed by atoms with Gasteiger partial charge in [-0.2, -0.15) is 4.98 Å². The third kappa shape index (κ3) is 4.22. The first kappa shape index (κ1) is 18.4. The molecule has 2 heterocycles. The highest BCUT2D eigenvalue weighted by atomic mass is 16.5. The Labute approximate surface area is 154 Å². The molecule has 7 heteroatoms. The predicted octanol–water partition coefficient (Wildman–Crippen LogP) is 2.57. The first-order valence-electron chi connectivity index (χ1n) is 9.07. The van der Waals surface area contributed by atoms with E-state index in [0.717, 1.165) is 18.7 Å². The Hall–Kier alpha value is -2.41. The number of piperidine rings is 1. The van der Waals surface area contributed by atoms with Gasteiger partial charge in [0.15, 0.2) is 5.82 Å². The van der Waals surface area contributed by atoms with Crippen molar-refractivity contribution >= 4 is 6.03 Å². The van der Waals surface area contributed by atoms with Crippen LogP contribution < -0.4 is 5.32 Å². The zero-order valence-electron chi connectivity index (χ0n) is 15.7. The maximum atomic E-state index is 12.6. The molecular weight excluding hydrogens is 330 g/mol. The number of amides is 2. The van der Waals surface area contributed by atoms with E-state index < -0.39 is 0 Å². The molecule has 1 aliphatic rings. The van der Waals surface area contributed by atoms with Crippen LogP contribution in [0.3, 0.4) is 0 Å². The molecule has 1 aromatic carbocycles. The maximum absolute atomic E-state index is 12.6. The Balaban J connectivity index is 1.54. The summed E-state index contributed by atoms with van der Waals surface area (Å²) in [6, 6.07) is 8.47. The van der Waals surface area contributed by atoms with E-state index in [1.807, 2.05) is 31.1 Å². The average molecular weight is 357 g/mol. The lowest BCUT2D eigenvalue weighted by Crippen LogP contribution is -2.46. The molecule has 26 heavy (non-hydrogen) atoms. The molecule has 0 bridgehead atoms. The molecule has 3 rings (SSSR count). The molecule has 2 aromatic rings. The van der Waals surface area contributed by atoms with Crippen molar-refractivity contribution in [2.75, 3.05) is 33.7 Å². The van der Waals surface area contributed by atoms with Gasteiger partial charge in [-0.15, -0.1) is 0 Å². The number of hydrogen-bond donors (Lipinski definition) is 1. The van der Waals surface area contributed by atoms with E-state index in [4.69, 9.17) is 4.52 Å². The minimum atomic E-state index is -0.00278. The molecule has 0 saturated carbocycles. The molecule has 1 N–H and O–H groups in total. The largest absolute Gasteiger partial charge is 0.343 e. The average Bonchev–Trinajstić information content (AvgIpc) is 3.18. The van der Waals surface area contributed by atoms with E-state index in [0.29, 0.717) is 19.6 Å². The van der Waals surface area contributed by atoms with Crippen molar-refractivity contribution in [1.82, 2.24) is 25.3 Å². The van der Waals surface area contributed by atoms with Gasteiger partial charge in [-0.05, 0) is 45.0 Å². The Kier molecular flexibility index (Phi) is 5.88. The summed E-state index contributed by atoms with van der Waals surface area (Å²) in [6.45, 7) is 4.11. The minimum Gasteiger partial charge on any atom is -0.343 e. The van der Waals surface area contributed by atoms with Crippen LogP contribution in [0.1, 0.15) is 41.8 Å². The summed E-state index contributed by atoms with van der Waals surface area (Å²) < 4.78 is 4.82. The molecule has 0 spiro atoms. The minimum absolute atomic E-state index is 0.00278. The van der Waals surface area contributed by atoms with Gasteiger partial charge < -0.3 is 19.6 Å². The Morgan fingerprint density at radius 2 is 2.08 bits per heavy atom. The van der Waals surface area contributed by atoms with E-state index in [1.165, 1.54) is 17.5 Å². The topological polar surface area (TPSA) is 74.5 Å². The number of nitrogens with zero attached hydrogens (tertiary/aromatic N) is 4. The number of rotatable bonds is 5. The number of urea groups is 1. The Bertz CT molecular complexity index is 708. The zero-order chi connectivity index (χ0) is 18.5. The fourth-order valence-corrected chi connectivity index (χ4v) is 3.53. The molecule has 140 valence electrons. The van der Waals surface area contributed by atoms with Gasteiger partial charge in [0.05, 0.1) is 6.04 Å². The summed E-state index contributed by atoms with van der Waals surface area (Å²) in [5, 5.41) is 7.02. The number of carbonyl (C=O) groups excluding carboxylic acids is 1. The van der Waals surface area contributed by atoms with Gasteiger partial charge in [0.1, 0.15) is 0 Å². The van der Waals surface area contributed by atoms with Crippen LogP contribution in [0.4, 0.5) is 4.79 Å². The summed E-state index contributed by atoms with van der Waals surface area (Å²) in [7, 11) is 4.08. The Morgan fingerprint density at radius 1 is 1.35 bits per heavy atom. The number of benzene rings is 1. The van der Waals surface area contributed by atoms with Crippen molar-refractivity contribution < 1.29 is 9.32 Å². The van der Waals surface area contributed by atoms with E-state index in [9.17, 15) is 4.79 Å². The van der Waals surface area contributed by atoms with Crippen molar-refractivity contribution in [3.63, 3.8) is 0 Å². The standard InChI is InChI=1S/C19H27N5O2/c1-14-6-4-5-7-16(14)17(23(2)3)12-20-19(25)24-10-8-15(9-11-24)18-21-13-26-22-18/h4-7,13,15,17H,8-12H2,1-3H3,(H,20,25). The number of likely N-dealkylation sites (tertiary alicyclic amines) is 1. The number of likely N-dealkylation sites (N-methyl/N-ethyl adjacent to an activating group) is 1. The van der Waals surface area contributed by atoms with E-state index >= 15 is 0 Å². The SMILES string of the molecule is Cc1ccccc1C(CNC(=O)N1CCC(c2ncon2)CC1)N(C)C. The normalized spacial score (nSPS) is 16.7. The van der Waals surface area contributed by atoms with Gasteiger partial charge in [-0.25, -0.2) is 4.79 Å². The molecule has 1 fully saturated rings. The van der Waals surface area contributed by atoms with Crippen LogP contribution in [0, 0.1) is 6.92 Å². The first-order chi connectivity index (χ1) is 12.6. The summed E-state index contributed by atoms with van der Waals surface area (Å²) in [6.07, 6.45) is 3.09. The smallest absolute Gasteiger partial charge is 0.317 e. The van der Waals surface area contributed by atoms with Crippen LogP contribution in [0.2, 0.25) is 0 Å². The zero-order valence-corrected chi connectivity index (χ0v) is 15.7. The van der Waals surface area contributed by atoms with E-state index in [-0.39, 0.29) is 18.0 Å². The van der Waals surface area contributed by atoms with Crippen molar-refractivity contribution in [2.45, 2.75) is 31.7 Å². The molecule has 1 aliphatic heterocycles. The van der Waals surface area contributed by atoms with Gasteiger partial charge in [0.25, 0.3) is 0 Å². The molecule has 2 amide bonds. The number of hydrogen-bond acceptors (Lipinski definition) is 5. The van der Waals surface area contributed by atoms with E-state index in [2.05, 4.69) is 39.4 Å². The second-order valence-corrected chi connectivity index (χ2v) is 7.07. The molecular formula is C19H27N5O2. The number of nitrogens with one attached hydrogen (secondary N) is 1. The molecule has 1 aromatic heterocycles. The third-order valence-corrected chi connectivity index (χ3v) is 5.14. The number of carbonyl (C=O) groups is 1. The van der Waals surface area contributed by atoms with Crippen molar-refractivity contribution in [2.24, 2.45) is 0 Å². The van der Waals surface area contributed by atoms with Gasteiger partial charge >= 0.3 is 6.03 Å². The quantitative estimate of drug-likeness (QED) is 0.890. The summed E-state index contributed by atoms with van der Waals surface area (Å²) >= 11 is 0. The molecule has 1 atom stereocenters. The van der Waals surface area contributed by atoms with Gasteiger partial charge in [0, 0.05) is 25.6 Å². The van der Waals surface area contributed by atoms with Crippen molar-refractivity contribution in [3.05, 3.63) is 47.6 Å². The summed E-state index contributed by atoms with van der Waals surface area (Å²) in [4.78, 5) is 20.7. The second-order valence-electron chi connectivity index (χ2n) is 7.07. The van der Waals surface area contributed by atoms with Gasteiger partial charge in [-0.1, -0.05) is 29.4 Å². The van der Waals surface area contributed by atoms with Crippen LogP contribution >= 0.6 is 0 Å². The lowest BCUT2D eigenvalue weighted by Gasteiger charge is -2.32. The van der Waals surface area contributed by atoms with Crippen LogP contribution in [0.15, 0.2) is 35.2 Å². The van der Waals surface area contributed by atoms with Gasteiger partial charge in [0.2, 0.25) is 6.39 Å². The van der Waals surface area contributed by atoms with Crippen LogP contribution in [-0.2, 0) is 0 Å². The lowest BCUT2D eigenvalue weighted by molar-refractivity contribution is 0.175. The fraction of sp³-hybridized carbons (Fsp3) is 0.526. The second kappa shape index (κ2) is 8.31. The lowest BCUT2D eigenvalue weighted by atomic mass is 9.96. The highest BCUT2D eigenvalue weighted by Gasteiger charge is 2.27. The first-order valence-corrected chi connectivity index (χ1v) is 9.07. The molecule has 1 saturated heterocycles. The molecule has 1 unspecified atom stereocenters. The molecule has 0 radical (unpaired) electrons. The van der Waals surface area contributed by atoms with Gasteiger partial charge in [-0.3, -0.25) is 0 Å². The summed E-state index contributed by atoms with van der Waals surface area (Å²) in [5.41, 5.74) is 2.48. The van der Waals surface area contributed by atoms with Crippen molar-refractivity contribution in [1.29, 1.82) is 0 Å². The predicted molar refractivity (Wildman–Crippen MR) is 98.9 cm³/mol. The Morgan fingerprint density at radius 3 is 2.69 bits per heavy atom. The fourth-order valence-electron chi connectivity index (χ4n) is 3.53. The van der Waals surface area contributed by atoms with Crippen LogP contribution in [0.5, 0.6) is 0 Å². The summed E-state index contributed by atoms with van der Waals surface area (Å²) in [5.74, 6) is 1.02. The highest BCUT2D eigenvalue weighted by molar-refractivity contribution is 5.74. The molecule has 0 aliphatic carbocycles. The highest BCUT2D eigenvalue weighted by Crippen LogP contribution is 2.25. The third-order valence-electron chi connectivity index (χ3n) is 5.14. The van der Waals surface area contributed by atoms with Crippen LogP contribution in [-0.4, -0.2) is 59.7 Å². The van der Waals surface area contributed by atoms with Crippen LogP contribution in [0.25, 0.3) is 0 Å². The number of aromatic nitrogens is 2. The number of aryl methyl sites for hydroxylation is 1. The monoisotopic (exact) mass is 357 g/mol. The van der Waals surface area contributed by atoms with Crippen molar-refractivity contribution in [3.8, 4) is 0 Å². The molecule has 7 nitrogen and oxygen atoms in total. The maximum Gasteiger partial charge on any atom is 0.317 e. The van der Waals surface area contributed by atoms with E-state index in [1.54, 1.807) is 0 Å².